The molecule has 4 N–H and O–H groups in total. The molecule has 0 bridgehead atoms. The van der Waals surface area contributed by atoms with Crippen LogP contribution in [0.15, 0.2) is 0 Å². The molecule has 0 aromatic rings. The Morgan fingerprint density at radius 1 is 0.655 bits per heavy atom. The molecule has 1 aliphatic rings. The van der Waals surface area contributed by atoms with Gasteiger partial charge in [0.1, 0.15) is 0 Å². The predicted molar refractivity (Wildman–Crippen MR) is 100 cm³/mol. The molecule has 0 radical (unpaired) electrons. The van der Waals surface area contributed by atoms with Crippen LogP contribution in [-0.4, -0.2) is 143 Å². The zero-order chi connectivity index (χ0) is 21.1. The molecule has 0 aromatic heterocycles. The molecule has 0 aliphatic carbocycles. The first-order valence-electron chi connectivity index (χ1n) is 9.38. The van der Waals surface area contributed by atoms with E-state index in [1.54, 1.807) is 21.6 Å². The number of nitrogens with zero attached hydrogens (tertiary/aromatic N) is 4. The van der Waals surface area contributed by atoms with Gasteiger partial charge in [0.05, 0.1) is 25.7 Å². The summed E-state index contributed by atoms with van der Waals surface area (Å²) in [5.74, 6) is -2.89. The molecule has 0 spiro atoms. The second kappa shape index (κ2) is 15.4. The Labute approximate surface area is 202 Å². The van der Waals surface area contributed by atoms with E-state index >= 15 is 0 Å². The van der Waals surface area contributed by atoms with Crippen LogP contribution < -0.4 is 0 Å². The molecule has 1 atom stereocenters. The van der Waals surface area contributed by atoms with Gasteiger partial charge in [-0.3, -0.25) is 34.0 Å². The van der Waals surface area contributed by atoms with Crippen molar-refractivity contribution in [3.63, 3.8) is 0 Å². The van der Waals surface area contributed by atoms with Crippen molar-refractivity contribution < 1.29 is 74.8 Å². The van der Waals surface area contributed by atoms with Crippen LogP contribution >= 0.6 is 0 Å². The summed E-state index contributed by atoms with van der Waals surface area (Å²) >= 11 is 0. The Morgan fingerprint density at radius 3 is 1.10 bits per heavy atom. The van der Waals surface area contributed by atoms with E-state index in [4.69, 9.17) is 15.3 Å². The average Bonchev–Trinajstić information content (AvgIpc) is 2.55. The maximum absolute atomic E-state index is 11.1. The molecular formula is C17H32GdN4O7. The number of hydrogen-bond acceptors (Lipinski definition) is 8. The van der Waals surface area contributed by atoms with Crippen molar-refractivity contribution in [3.8, 4) is 0 Å². The molecule has 1 rings (SSSR count). The van der Waals surface area contributed by atoms with Gasteiger partial charge in [0.2, 0.25) is 0 Å². The Hall–Kier alpha value is -0.465. The molecule has 0 amide bonds. The van der Waals surface area contributed by atoms with Gasteiger partial charge in [-0.25, -0.2) is 0 Å². The van der Waals surface area contributed by atoms with Crippen LogP contribution in [0.4, 0.5) is 0 Å². The molecule has 1 unspecified atom stereocenters. The number of rotatable bonds is 8. The average molecular weight is 562 g/mol. The second-order valence-electron chi connectivity index (χ2n) is 7.16. The monoisotopic (exact) mass is 562 g/mol. The van der Waals surface area contributed by atoms with Gasteiger partial charge in [-0.05, 0) is 6.92 Å². The molecule has 12 heteroatoms. The van der Waals surface area contributed by atoms with Crippen molar-refractivity contribution in [2.45, 2.75) is 13.0 Å². The van der Waals surface area contributed by atoms with E-state index in [9.17, 15) is 19.5 Å². The van der Waals surface area contributed by atoms with Gasteiger partial charge >= 0.3 is 17.9 Å². The van der Waals surface area contributed by atoms with Crippen LogP contribution in [0.25, 0.3) is 0 Å². The van der Waals surface area contributed by atoms with Crippen molar-refractivity contribution in [2.24, 2.45) is 0 Å². The maximum atomic E-state index is 11.1. The normalized spacial score (nSPS) is 20.1. The largest absolute Gasteiger partial charge is 0.480 e. The van der Waals surface area contributed by atoms with Crippen molar-refractivity contribution >= 4 is 17.9 Å². The van der Waals surface area contributed by atoms with Gasteiger partial charge in [-0.15, -0.1) is 0 Å². The summed E-state index contributed by atoms with van der Waals surface area (Å²) in [7, 11) is 0. The molecule has 29 heavy (non-hydrogen) atoms. The van der Waals surface area contributed by atoms with E-state index in [1.165, 1.54) is 0 Å². The maximum Gasteiger partial charge on any atom is 0.317 e. The molecule has 1 heterocycles. The van der Waals surface area contributed by atoms with Crippen LogP contribution in [-0.2, 0) is 14.4 Å². The number of aliphatic hydroxyl groups is 1. The van der Waals surface area contributed by atoms with Gasteiger partial charge in [0.25, 0.3) is 0 Å². The Bertz CT molecular complexity index is 492. The zero-order valence-electron chi connectivity index (χ0n) is 16.7. The molecular weight excluding hydrogens is 529 g/mol. The first kappa shape index (κ1) is 28.5. The SMILES string of the molecule is CC(O)CN1CCN(CC(=O)O)CCN(CC(=O)O)CCN(CC(=O)O)CC1.[Gd]. The number of carbonyl (C=O) groups is 3. The smallest absolute Gasteiger partial charge is 0.317 e. The van der Waals surface area contributed by atoms with Crippen LogP contribution in [0.2, 0.25) is 0 Å². The van der Waals surface area contributed by atoms with Gasteiger partial charge < -0.3 is 20.4 Å². The number of aliphatic carboxylic acids is 3. The number of β-amino-alcohol motifs (C(OH)–C–C–N with tert-alkyl or cyclic N) is 1. The van der Waals surface area contributed by atoms with E-state index in [-0.39, 0.29) is 59.6 Å². The van der Waals surface area contributed by atoms with E-state index in [2.05, 4.69) is 0 Å². The summed E-state index contributed by atoms with van der Waals surface area (Å²) in [6.45, 7) is 5.10. The molecule has 0 saturated carbocycles. The standard InChI is InChI=1S/C17H32N4O7.Gd/c1-14(22)10-18-2-4-19(11-15(23)24)6-8-21(13-17(27)28)9-7-20(5-3-18)12-16(25)26;/h14,22H,2-13H2,1H3,(H,23,24)(H,25,26)(H,27,28);. The first-order valence-corrected chi connectivity index (χ1v) is 9.38. The minimum Gasteiger partial charge on any atom is -0.480 e. The van der Waals surface area contributed by atoms with E-state index in [1.807, 2.05) is 4.90 Å². The Kier molecular flexibility index (Phi) is 15.1. The Balaban J connectivity index is 0.00000784. The topological polar surface area (TPSA) is 145 Å². The van der Waals surface area contributed by atoms with E-state index < -0.39 is 24.0 Å². The third-order valence-electron chi connectivity index (χ3n) is 4.53. The molecule has 11 nitrogen and oxygen atoms in total. The van der Waals surface area contributed by atoms with E-state index in [0.717, 1.165) is 0 Å². The summed E-state index contributed by atoms with van der Waals surface area (Å²) in [6, 6.07) is 0. The van der Waals surface area contributed by atoms with Crippen LogP contribution in [0, 0.1) is 39.9 Å². The predicted octanol–water partition coefficient (Wildman–Crippen LogP) is -2.16. The van der Waals surface area contributed by atoms with E-state index in [0.29, 0.717) is 58.9 Å². The fourth-order valence-corrected chi connectivity index (χ4v) is 3.18. The number of hydrogen-bond donors (Lipinski definition) is 4. The van der Waals surface area contributed by atoms with Crippen molar-refractivity contribution in [1.82, 2.24) is 19.6 Å². The van der Waals surface area contributed by atoms with Crippen LogP contribution in [0.3, 0.4) is 0 Å². The third kappa shape index (κ3) is 14.2. The first-order chi connectivity index (χ1) is 13.2. The van der Waals surface area contributed by atoms with Crippen molar-refractivity contribution in [2.75, 3.05) is 78.5 Å². The molecule has 1 fully saturated rings. The summed E-state index contributed by atoms with van der Waals surface area (Å²) < 4.78 is 0. The van der Waals surface area contributed by atoms with Crippen molar-refractivity contribution in [1.29, 1.82) is 0 Å². The Morgan fingerprint density at radius 2 is 0.897 bits per heavy atom. The summed E-state index contributed by atoms with van der Waals surface area (Å²) in [4.78, 5) is 40.6. The van der Waals surface area contributed by atoms with Gasteiger partial charge in [-0.2, -0.15) is 0 Å². The van der Waals surface area contributed by atoms with Gasteiger partial charge in [0, 0.05) is 98.8 Å². The summed E-state index contributed by atoms with van der Waals surface area (Å²) in [5.41, 5.74) is 0. The molecule has 170 valence electrons. The minimum absolute atomic E-state index is 0. The molecule has 1 saturated heterocycles. The van der Waals surface area contributed by atoms with Gasteiger partial charge in [-0.1, -0.05) is 0 Å². The fourth-order valence-electron chi connectivity index (χ4n) is 3.18. The van der Waals surface area contributed by atoms with Crippen LogP contribution in [0.1, 0.15) is 6.92 Å². The summed E-state index contributed by atoms with van der Waals surface area (Å²) in [5, 5.41) is 37.1. The second-order valence-corrected chi connectivity index (χ2v) is 7.16. The number of aliphatic hydroxyl groups excluding tert-OH is 1. The minimum atomic E-state index is -0.982. The zero-order valence-corrected chi connectivity index (χ0v) is 19.0. The quantitative estimate of drug-likeness (QED) is 0.257. The van der Waals surface area contributed by atoms with Crippen molar-refractivity contribution in [3.05, 3.63) is 0 Å². The number of carboxylic acid groups (broad SMARTS) is 3. The fraction of sp³-hybridized carbons (Fsp3) is 0.824. The third-order valence-corrected chi connectivity index (χ3v) is 4.53. The van der Waals surface area contributed by atoms with Crippen LogP contribution in [0.5, 0.6) is 0 Å². The van der Waals surface area contributed by atoms with Gasteiger partial charge in [0.15, 0.2) is 0 Å². The molecule has 0 aromatic carbocycles. The number of carboxylic acids is 3. The molecule has 1 aliphatic heterocycles. The summed E-state index contributed by atoms with van der Waals surface area (Å²) in [6.07, 6.45) is -0.556.